The first-order valence-corrected chi connectivity index (χ1v) is 10.6. The predicted molar refractivity (Wildman–Crippen MR) is 105 cm³/mol. The monoisotopic (exact) mass is 416 g/mol. The van der Waals surface area contributed by atoms with Crippen LogP contribution < -0.4 is 5.14 Å². The number of nitrogens with zero attached hydrogens (tertiary/aromatic N) is 1. The molecule has 0 unspecified atom stereocenters. The van der Waals surface area contributed by atoms with Crippen molar-refractivity contribution in [3.63, 3.8) is 0 Å². The van der Waals surface area contributed by atoms with Crippen LogP contribution in [0.15, 0.2) is 47.0 Å². The zero-order valence-electron chi connectivity index (χ0n) is 15.0. The second kappa shape index (κ2) is 6.55. The first kappa shape index (κ1) is 18.9. The molecule has 1 aliphatic carbocycles. The summed E-state index contributed by atoms with van der Waals surface area (Å²) in [5.41, 5.74) is 4.81. The maximum Gasteiger partial charge on any atom is 0.239 e. The molecular formula is C20H17ClN2O4S. The predicted octanol–water partition coefficient (Wildman–Crippen LogP) is 2.74. The van der Waals surface area contributed by atoms with Crippen LogP contribution in [-0.4, -0.2) is 32.1 Å². The van der Waals surface area contributed by atoms with Gasteiger partial charge in [-0.3, -0.25) is 9.59 Å². The number of carbonyl (C=O) groups is 2. The van der Waals surface area contributed by atoms with Crippen molar-refractivity contribution in [2.75, 3.05) is 7.05 Å². The summed E-state index contributed by atoms with van der Waals surface area (Å²) in [5.74, 6) is -0.224. The number of hydrogen-bond donors (Lipinski definition) is 1. The van der Waals surface area contributed by atoms with Gasteiger partial charge in [-0.2, -0.15) is 0 Å². The maximum atomic E-state index is 12.9. The lowest BCUT2D eigenvalue weighted by molar-refractivity contribution is -0.128. The van der Waals surface area contributed by atoms with Gasteiger partial charge in [0.25, 0.3) is 0 Å². The van der Waals surface area contributed by atoms with E-state index in [4.69, 9.17) is 16.7 Å². The fraction of sp³-hybridized carbons (Fsp3) is 0.200. The molecule has 0 aromatic heterocycles. The van der Waals surface area contributed by atoms with E-state index in [1.807, 2.05) is 6.07 Å². The Bertz CT molecular complexity index is 1180. The largest absolute Gasteiger partial charge is 0.319 e. The van der Waals surface area contributed by atoms with Gasteiger partial charge in [0, 0.05) is 36.7 Å². The van der Waals surface area contributed by atoms with Gasteiger partial charge >= 0.3 is 0 Å². The van der Waals surface area contributed by atoms with Crippen LogP contribution in [0.2, 0.25) is 5.02 Å². The molecule has 28 heavy (non-hydrogen) atoms. The lowest BCUT2D eigenvalue weighted by Gasteiger charge is -2.25. The molecule has 144 valence electrons. The van der Waals surface area contributed by atoms with Gasteiger partial charge in [0.15, 0.2) is 5.78 Å². The SMILES string of the molecule is CN1C(=O)CCC2=C1Cc1cc(C(=O)c3ccc(Cl)c(S(N)(=O)=O)c3)ccc12. The topological polar surface area (TPSA) is 97.5 Å². The van der Waals surface area contributed by atoms with Gasteiger partial charge in [-0.1, -0.05) is 23.7 Å². The Hall–Kier alpha value is -2.48. The number of halogens is 1. The van der Waals surface area contributed by atoms with Crippen LogP contribution in [0.25, 0.3) is 5.57 Å². The summed E-state index contributed by atoms with van der Waals surface area (Å²) < 4.78 is 23.3. The molecule has 1 amide bonds. The molecule has 1 aliphatic heterocycles. The quantitative estimate of drug-likeness (QED) is 0.778. The van der Waals surface area contributed by atoms with Gasteiger partial charge in [-0.25, -0.2) is 13.6 Å². The van der Waals surface area contributed by atoms with Gasteiger partial charge in [-0.05, 0) is 47.4 Å². The van der Waals surface area contributed by atoms with Crippen molar-refractivity contribution in [1.82, 2.24) is 4.90 Å². The number of primary sulfonamides is 1. The van der Waals surface area contributed by atoms with E-state index in [1.54, 1.807) is 24.1 Å². The molecule has 1 heterocycles. The third-order valence-corrected chi connectivity index (χ3v) is 6.66. The fourth-order valence-electron chi connectivity index (χ4n) is 3.80. The fourth-order valence-corrected chi connectivity index (χ4v) is 4.87. The molecule has 8 heteroatoms. The molecule has 0 atom stereocenters. The first-order valence-electron chi connectivity index (χ1n) is 8.66. The number of rotatable bonds is 3. The number of fused-ring (bicyclic) bond motifs is 2. The number of ketones is 1. The number of carbonyl (C=O) groups excluding carboxylic acids is 2. The molecule has 0 radical (unpaired) electrons. The molecule has 2 aliphatic rings. The van der Waals surface area contributed by atoms with Gasteiger partial charge in [0.05, 0.1) is 5.02 Å². The lowest BCUT2D eigenvalue weighted by Crippen LogP contribution is -2.29. The molecule has 2 aromatic rings. The summed E-state index contributed by atoms with van der Waals surface area (Å²) in [7, 11) is -2.26. The lowest BCUT2D eigenvalue weighted by atomic mass is 9.96. The second-order valence-corrected chi connectivity index (χ2v) is 8.88. The maximum absolute atomic E-state index is 12.9. The number of sulfonamides is 1. The van der Waals surface area contributed by atoms with Crippen LogP contribution in [0, 0.1) is 0 Å². The van der Waals surface area contributed by atoms with Crippen molar-refractivity contribution < 1.29 is 18.0 Å². The zero-order chi connectivity index (χ0) is 20.2. The molecule has 0 saturated heterocycles. The Morgan fingerprint density at radius 1 is 1.11 bits per heavy atom. The van der Waals surface area contributed by atoms with E-state index in [-0.39, 0.29) is 27.2 Å². The van der Waals surface area contributed by atoms with Crippen molar-refractivity contribution in [3.8, 4) is 0 Å². The highest BCUT2D eigenvalue weighted by atomic mass is 35.5. The molecule has 2 N–H and O–H groups in total. The van der Waals surface area contributed by atoms with Crippen LogP contribution in [0.5, 0.6) is 0 Å². The minimum atomic E-state index is -4.04. The third kappa shape index (κ3) is 3.05. The van der Waals surface area contributed by atoms with Crippen LogP contribution in [-0.2, 0) is 21.2 Å². The Morgan fingerprint density at radius 3 is 2.50 bits per heavy atom. The molecule has 6 nitrogen and oxygen atoms in total. The van der Waals surface area contributed by atoms with E-state index in [0.717, 1.165) is 22.4 Å². The van der Waals surface area contributed by atoms with E-state index >= 15 is 0 Å². The molecule has 0 spiro atoms. The highest BCUT2D eigenvalue weighted by molar-refractivity contribution is 7.89. The molecule has 0 saturated carbocycles. The van der Waals surface area contributed by atoms with Crippen molar-refractivity contribution >= 4 is 38.9 Å². The van der Waals surface area contributed by atoms with Crippen molar-refractivity contribution in [2.24, 2.45) is 5.14 Å². The van der Waals surface area contributed by atoms with Gasteiger partial charge in [0.2, 0.25) is 15.9 Å². The molecular weight excluding hydrogens is 400 g/mol. The van der Waals surface area contributed by atoms with E-state index < -0.39 is 10.0 Å². The standard InChI is InChI=1S/C20H17ClN2O4S/c1-23-17-9-13-8-11(2-4-14(13)15(17)5-7-19(23)24)20(25)12-3-6-16(21)18(10-12)28(22,26)27/h2-4,6,8,10H,5,7,9H2,1H3,(H2,22,26,27). The van der Waals surface area contributed by atoms with Crippen molar-refractivity contribution in [2.45, 2.75) is 24.2 Å². The van der Waals surface area contributed by atoms with Gasteiger partial charge in [0.1, 0.15) is 4.90 Å². The molecule has 2 aromatic carbocycles. The Morgan fingerprint density at radius 2 is 1.79 bits per heavy atom. The average molecular weight is 417 g/mol. The Labute approximate surface area is 167 Å². The Balaban J connectivity index is 1.69. The van der Waals surface area contributed by atoms with Crippen molar-refractivity contribution in [3.05, 3.63) is 69.4 Å². The number of amides is 1. The highest BCUT2D eigenvalue weighted by Gasteiger charge is 2.31. The molecule has 0 fully saturated rings. The van der Waals surface area contributed by atoms with Crippen LogP contribution in [0.3, 0.4) is 0 Å². The number of hydrogen-bond acceptors (Lipinski definition) is 4. The summed E-state index contributed by atoms with van der Waals surface area (Å²) in [4.78, 5) is 26.3. The average Bonchev–Trinajstić information content (AvgIpc) is 3.02. The minimum Gasteiger partial charge on any atom is -0.319 e. The number of benzene rings is 2. The zero-order valence-corrected chi connectivity index (χ0v) is 16.6. The molecule has 4 rings (SSSR count). The number of nitrogens with two attached hydrogens (primary N) is 1. The van der Waals surface area contributed by atoms with Crippen LogP contribution >= 0.6 is 11.6 Å². The normalized spacial score (nSPS) is 16.2. The minimum absolute atomic E-state index is 0.0300. The van der Waals surface area contributed by atoms with Gasteiger partial charge in [-0.15, -0.1) is 0 Å². The summed E-state index contributed by atoms with van der Waals surface area (Å²) in [6.45, 7) is 0. The van der Waals surface area contributed by atoms with Crippen molar-refractivity contribution in [1.29, 1.82) is 0 Å². The summed E-state index contributed by atoms with van der Waals surface area (Å²) in [6, 6.07) is 9.44. The highest BCUT2D eigenvalue weighted by Crippen LogP contribution is 2.40. The van der Waals surface area contributed by atoms with E-state index in [0.29, 0.717) is 24.8 Å². The van der Waals surface area contributed by atoms with E-state index in [2.05, 4.69) is 0 Å². The first-order chi connectivity index (χ1) is 13.2. The number of likely N-dealkylation sites (N-methyl/N-ethyl adjacent to an activating group) is 1. The van der Waals surface area contributed by atoms with Gasteiger partial charge < -0.3 is 4.90 Å². The smallest absolute Gasteiger partial charge is 0.239 e. The summed E-state index contributed by atoms with van der Waals surface area (Å²) >= 11 is 5.90. The molecule has 0 bridgehead atoms. The summed E-state index contributed by atoms with van der Waals surface area (Å²) in [5, 5.41) is 5.14. The van der Waals surface area contributed by atoms with Crippen LogP contribution in [0.1, 0.15) is 39.9 Å². The Kier molecular flexibility index (Phi) is 4.41. The van der Waals surface area contributed by atoms with E-state index in [9.17, 15) is 18.0 Å². The van der Waals surface area contributed by atoms with Crippen LogP contribution in [0.4, 0.5) is 0 Å². The van der Waals surface area contributed by atoms with E-state index in [1.165, 1.54) is 18.2 Å². The third-order valence-electron chi connectivity index (χ3n) is 5.27. The second-order valence-electron chi connectivity index (χ2n) is 6.95. The number of allylic oxidation sites excluding steroid dienone is 2. The summed E-state index contributed by atoms with van der Waals surface area (Å²) in [6.07, 6.45) is 1.78.